The standard InChI is InChI=1S/C12H26OSi/c1-6-10-14(9-4,11-7-2)13-12(5)8-3/h9,12H,4,6-8,10-11H2,1-3,5H3. The van der Waals surface area contributed by atoms with Gasteiger partial charge in [0.1, 0.15) is 0 Å². The molecular formula is C12H26OSi. The van der Waals surface area contributed by atoms with Crippen LogP contribution in [0.5, 0.6) is 0 Å². The minimum absolute atomic E-state index is 0.401. The molecule has 0 saturated heterocycles. The molecule has 0 aliphatic heterocycles. The minimum atomic E-state index is -1.59. The summed E-state index contributed by atoms with van der Waals surface area (Å²) in [5.41, 5.74) is 2.14. The first-order valence-electron chi connectivity index (χ1n) is 5.95. The van der Waals surface area contributed by atoms with Gasteiger partial charge in [0, 0.05) is 6.10 Å². The van der Waals surface area contributed by atoms with Gasteiger partial charge >= 0.3 is 0 Å². The van der Waals surface area contributed by atoms with Gasteiger partial charge in [-0.2, -0.15) is 0 Å². The second-order valence-electron chi connectivity index (χ2n) is 4.11. The molecule has 0 aromatic heterocycles. The van der Waals surface area contributed by atoms with Crippen molar-refractivity contribution in [3.8, 4) is 0 Å². The van der Waals surface area contributed by atoms with Crippen molar-refractivity contribution in [2.45, 2.75) is 65.1 Å². The zero-order chi connectivity index (χ0) is 11.0. The number of rotatable bonds is 8. The molecule has 1 nitrogen and oxygen atoms in total. The summed E-state index contributed by atoms with van der Waals surface area (Å²) in [4.78, 5) is 0. The van der Waals surface area contributed by atoms with E-state index in [0.29, 0.717) is 6.10 Å². The molecule has 0 bridgehead atoms. The smallest absolute Gasteiger partial charge is 0.216 e. The molecule has 84 valence electrons. The van der Waals surface area contributed by atoms with E-state index in [-0.39, 0.29) is 0 Å². The third-order valence-electron chi connectivity index (χ3n) is 2.73. The van der Waals surface area contributed by atoms with Crippen molar-refractivity contribution in [1.29, 1.82) is 0 Å². The maximum Gasteiger partial charge on any atom is 0.216 e. The average molecular weight is 214 g/mol. The van der Waals surface area contributed by atoms with E-state index in [1.165, 1.54) is 24.9 Å². The van der Waals surface area contributed by atoms with Crippen LogP contribution in [-0.2, 0) is 4.43 Å². The molecule has 0 aromatic rings. The molecule has 0 amide bonds. The van der Waals surface area contributed by atoms with Crippen LogP contribution in [0.4, 0.5) is 0 Å². The molecule has 0 heterocycles. The predicted molar refractivity (Wildman–Crippen MR) is 67.0 cm³/mol. The van der Waals surface area contributed by atoms with Crippen LogP contribution in [0.2, 0.25) is 12.1 Å². The lowest BCUT2D eigenvalue weighted by atomic mass is 10.3. The van der Waals surface area contributed by atoms with Crippen LogP contribution in [-0.4, -0.2) is 14.4 Å². The maximum absolute atomic E-state index is 6.24. The van der Waals surface area contributed by atoms with Gasteiger partial charge in [0.25, 0.3) is 0 Å². The Hall–Kier alpha value is -0.0831. The molecule has 0 rings (SSSR count). The summed E-state index contributed by atoms with van der Waals surface area (Å²) in [5.74, 6) is 0. The molecule has 1 atom stereocenters. The van der Waals surface area contributed by atoms with E-state index < -0.39 is 8.32 Å². The first-order chi connectivity index (χ1) is 6.64. The van der Waals surface area contributed by atoms with Crippen molar-refractivity contribution < 1.29 is 4.43 Å². The Bertz CT molecular complexity index is 150. The Balaban J connectivity index is 4.39. The first-order valence-corrected chi connectivity index (χ1v) is 8.35. The van der Waals surface area contributed by atoms with Crippen molar-refractivity contribution in [1.82, 2.24) is 0 Å². The lowest BCUT2D eigenvalue weighted by molar-refractivity contribution is 0.205. The lowest BCUT2D eigenvalue weighted by Gasteiger charge is -2.30. The predicted octanol–water partition coefficient (Wildman–Crippen LogP) is 4.29. The van der Waals surface area contributed by atoms with Gasteiger partial charge < -0.3 is 4.43 Å². The molecule has 0 aromatic carbocycles. The van der Waals surface area contributed by atoms with E-state index >= 15 is 0 Å². The summed E-state index contributed by atoms with van der Waals surface area (Å²) in [6, 6.07) is 2.46. The van der Waals surface area contributed by atoms with Crippen LogP contribution in [0.3, 0.4) is 0 Å². The van der Waals surface area contributed by atoms with Crippen LogP contribution in [0, 0.1) is 0 Å². The van der Waals surface area contributed by atoms with Gasteiger partial charge in [-0.25, -0.2) is 0 Å². The Kier molecular flexibility index (Phi) is 7.20. The molecule has 0 saturated carbocycles. The van der Waals surface area contributed by atoms with Crippen LogP contribution in [0.25, 0.3) is 0 Å². The highest BCUT2D eigenvalue weighted by Gasteiger charge is 2.30. The quantitative estimate of drug-likeness (QED) is 0.548. The molecule has 2 heteroatoms. The third-order valence-corrected chi connectivity index (χ3v) is 7.04. The van der Waals surface area contributed by atoms with E-state index in [1.54, 1.807) is 0 Å². The van der Waals surface area contributed by atoms with Crippen molar-refractivity contribution in [2.75, 3.05) is 0 Å². The van der Waals surface area contributed by atoms with Crippen molar-refractivity contribution in [3.05, 3.63) is 12.3 Å². The highest BCUT2D eigenvalue weighted by Crippen LogP contribution is 2.24. The summed E-state index contributed by atoms with van der Waals surface area (Å²) in [7, 11) is -1.59. The normalized spacial score (nSPS) is 14.0. The Morgan fingerprint density at radius 3 is 2.00 bits per heavy atom. The zero-order valence-electron chi connectivity index (χ0n) is 10.3. The Morgan fingerprint density at radius 1 is 1.21 bits per heavy atom. The number of hydrogen-bond donors (Lipinski definition) is 0. The van der Waals surface area contributed by atoms with Crippen molar-refractivity contribution >= 4 is 8.32 Å². The monoisotopic (exact) mass is 214 g/mol. The van der Waals surface area contributed by atoms with Gasteiger partial charge in [-0.15, -0.1) is 6.58 Å². The van der Waals surface area contributed by atoms with E-state index in [9.17, 15) is 0 Å². The van der Waals surface area contributed by atoms with Crippen molar-refractivity contribution in [2.24, 2.45) is 0 Å². The van der Waals surface area contributed by atoms with E-state index in [1.807, 2.05) is 0 Å². The fourth-order valence-electron chi connectivity index (χ4n) is 1.83. The molecule has 0 radical (unpaired) electrons. The summed E-state index contributed by atoms with van der Waals surface area (Å²) in [6.45, 7) is 12.8. The van der Waals surface area contributed by atoms with Crippen molar-refractivity contribution in [3.63, 3.8) is 0 Å². The topological polar surface area (TPSA) is 9.23 Å². The van der Waals surface area contributed by atoms with Gasteiger partial charge in [0.2, 0.25) is 8.32 Å². The van der Waals surface area contributed by atoms with Crippen LogP contribution in [0.1, 0.15) is 47.0 Å². The lowest BCUT2D eigenvalue weighted by Crippen LogP contribution is -2.39. The fraction of sp³-hybridized carbons (Fsp3) is 0.833. The Morgan fingerprint density at radius 2 is 1.71 bits per heavy atom. The van der Waals surface area contributed by atoms with Gasteiger partial charge in [-0.3, -0.25) is 0 Å². The highest BCUT2D eigenvalue weighted by atomic mass is 28.4. The summed E-state index contributed by atoms with van der Waals surface area (Å²) in [6.07, 6.45) is 3.94. The van der Waals surface area contributed by atoms with Crippen LogP contribution in [0.15, 0.2) is 12.3 Å². The minimum Gasteiger partial charge on any atom is -0.410 e. The van der Waals surface area contributed by atoms with Crippen LogP contribution < -0.4 is 0 Å². The largest absolute Gasteiger partial charge is 0.410 e. The fourth-order valence-corrected chi connectivity index (χ4v) is 5.48. The highest BCUT2D eigenvalue weighted by molar-refractivity contribution is 6.78. The third kappa shape index (κ3) is 4.42. The Labute approximate surface area is 90.7 Å². The SMILES string of the molecule is C=C[Si](CCC)(CCC)OC(C)CC. The van der Waals surface area contributed by atoms with Gasteiger partial charge in [-0.05, 0) is 25.4 Å². The van der Waals surface area contributed by atoms with E-state index in [2.05, 4.69) is 40.0 Å². The molecule has 0 fully saturated rings. The molecule has 0 aliphatic rings. The van der Waals surface area contributed by atoms with E-state index in [0.717, 1.165) is 6.42 Å². The van der Waals surface area contributed by atoms with E-state index in [4.69, 9.17) is 4.43 Å². The molecule has 1 unspecified atom stereocenters. The molecule has 0 N–H and O–H groups in total. The zero-order valence-corrected chi connectivity index (χ0v) is 11.3. The summed E-state index contributed by atoms with van der Waals surface area (Å²) >= 11 is 0. The van der Waals surface area contributed by atoms with Gasteiger partial charge in [0.05, 0.1) is 0 Å². The number of hydrogen-bond acceptors (Lipinski definition) is 1. The summed E-state index contributed by atoms with van der Waals surface area (Å²) in [5, 5.41) is 0. The van der Waals surface area contributed by atoms with Gasteiger partial charge in [-0.1, -0.05) is 39.3 Å². The maximum atomic E-state index is 6.24. The summed E-state index contributed by atoms with van der Waals surface area (Å²) < 4.78 is 6.24. The first kappa shape index (κ1) is 13.9. The molecule has 14 heavy (non-hydrogen) atoms. The second kappa shape index (κ2) is 7.24. The molecular weight excluding hydrogens is 188 g/mol. The average Bonchev–Trinajstić information content (AvgIpc) is 2.18. The van der Waals surface area contributed by atoms with Gasteiger partial charge in [0.15, 0.2) is 0 Å². The molecule has 0 aliphatic carbocycles. The second-order valence-corrected chi connectivity index (χ2v) is 7.88. The van der Waals surface area contributed by atoms with Crippen LogP contribution >= 0.6 is 0 Å². The molecule has 0 spiro atoms.